The summed E-state index contributed by atoms with van der Waals surface area (Å²) in [6.45, 7) is 1.06. The zero-order valence-electron chi connectivity index (χ0n) is 11.9. The number of carbonyl (C=O) groups excluding carboxylic acids is 1. The molecule has 3 rings (SSSR count). The Balaban J connectivity index is 1.54. The van der Waals surface area contributed by atoms with Crippen molar-refractivity contribution in [2.24, 2.45) is 5.92 Å². The summed E-state index contributed by atoms with van der Waals surface area (Å²) in [5.74, 6) is -0.886. The van der Waals surface area contributed by atoms with E-state index >= 15 is 0 Å². The van der Waals surface area contributed by atoms with E-state index < -0.39 is 5.97 Å². The van der Waals surface area contributed by atoms with Gasteiger partial charge >= 0.3 is 5.97 Å². The first-order chi connectivity index (χ1) is 9.66. The van der Waals surface area contributed by atoms with Crippen molar-refractivity contribution in [3.8, 4) is 0 Å². The summed E-state index contributed by atoms with van der Waals surface area (Å²) in [6, 6.07) is 0.625. The van der Waals surface area contributed by atoms with Crippen molar-refractivity contribution < 1.29 is 14.7 Å². The van der Waals surface area contributed by atoms with Gasteiger partial charge in [0.15, 0.2) is 0 Å². The van der Waals surface area contributed by atoms with Gasteiger partial charge in [0.2, 0.25) is 5.91 Å². The Morgan fingerprint density at radius 2 is 2.05 bits per heavy atom. The van der Waals surface area contributed by atoms with Crippen LogP contribution in [0.1, 0.15) is 51.4 Å². The molecule has 2 N–H and O–H groups in total. The third-order valence-corrected chi connectivity index (χ3v) is 5.26. The molecule has 0 radical (unpaired) electrons. The molecule has 3 aliphatic rings. The predicted octanol–water partition coefficient (Wildman–Crippen LogP) is 1.37. The first-order valence-corrected chi connectivity index (χ1v) is 7.94. The van der Waals surface area contributed by atoms with Gasteiger partial charge in [-0.3, -0.25) is 9.59 Å². The van der Waals surface area contributed by atoms with E-state index in [4.69, 9.17) is 0 Å². The number of nitrogens with one attached hydrogen (secondary N) is 1. The number of carboxylic acid groups (broad SMARTS) is 1. The number of carbonyl (C=O) groups is 2. The van der Waals surface area contributed by atoms with Gasteiger partial charge in [0.25, 0.3) is 0 Å². The number of hydrogen-bond acceptors (Lipinski definition) is 3. The van der Waals surface area contributed by atoms with Crippen LogP contribution < -0.4 is 5.32 Å². The highest BCUT2D eigenvalue weighted by Crippen LogP contribution is 2.42. The number of fused-ring (bicyclic) bond motifs is 2. The Kier molecular flexibility index (Phi) is 3.96. The van der Waals surface area contributed by atoms with Gasteiger partial charge < -0.3 is 15.3 Å². The second-order valence-electron chi connectivity index (χ2n) is 6.47. The summed E-state index contributed by atoms with van der Waals surface area (Å²) >= 11 is 0. The van der Waals surface area contributed by atoms with E-state index in [-0.39, 0.29) is 23.9 Å². The standard InChI is InChI=1S/C15H24N2O3/c18-14(7-4-10-3-1-2-8-16-10)17-11-5-6-13(17)12(9-11)15(19)20/h10-13,16H,1-9H2,(H,19,20). The minimum Gasteiger partial charge on any atom is -0.481 e. The molecule has 5 heteroatoms. The van der Waals surface area contributed by atoms with E-state index in [1.165, 1.54) is 12.8 Å². The van der Waals surface area contributed by atoms with E-state index in [1.807, 2.05) is 4.90 Å². The highest BCUT2D eigenvalue weighted by molar-refractivity contribution is 5.80. The van der Waals surface area contributed by atoms with Crippen molar-refractivity contribution in [1.82, 2.24) is 10.2 Å². The molecule has 4 unspecified atom stereocenters. The molecule has 3 heterocycles. The number of nitrogens with zero attached hydrogens (tertiary/aromatic N) is 1. The lowest BCUT2D eigenvalue weighted by Gasteiger charge is -2.26. The quantitative estimate of drug-likeness (QED) is 0.816. The Bertz CT molecular complexity index is 393. The average Bonchev–Trinajstić information content (AvgIpc) is 3.03. The predicted molar refractivity (Wildman–Crippen MR) is 74.3 cm³/mol. The number of hydrogen-bond donors (Lipinski definition) is 2. The Morgan fingerprint density at radius 3 is 2.70 bits per heavy atom. The minimum absolute atomic E-state index is 0.0377. The van der Waals surface area contributed by atoms with Crippen LogP contribution in [0.4, 0.5) is 0 Å². The summed E-state index contributed by atoms with van der Waals surface area (Å²) in [5, 5.41) is 12.7. The molecule has 0 aliphatic carbocycles. The SMILES string of the molecule is O=C(O)C1CC2CCC1N2C(=O)CCC1CCCCN1. The average molecular weight is 280 g/mol. The molecule has 0 aromatic carbocycles. The zero-order chi connectivity index (χ0) is 14.1. The molecule has 0 aromatic heterocycles. The van der Waals surface area contributed by atoms with Crippen LogP contribution in [0, 0.1) is 5.92 Å². The fraction of sp³-hybridized carbons (Fsp3) is 0.867. The molecule has 0 spiro atoms. The van der Waals surface area contributed by atoms with E-state index in [1.54, 1.807) is 0 Å². The monoisotopic (exact) mass is 280 g/mol. The normalized spacial score (nSPS) is 36.3. The maximum Gasteiger partial charge on any atom is 0.308 e. The number of piperidine rings is 1. The van der Waals surface area contributed by atoms with E-state index in [0.717, 1.165) is 32.2 Å². The number of amides is 1. The fourth-order valence-electron chi connectivity index (χ4n) is 4.24. The van der Waals surface area contributed by atoms with Gasteiger partial charge in [-0.15, -0.1) is 0 Å². The van der Waals surface area contributed by atoms with Gasteiger partial charge in [0.1, 0.15) is 0 Å². The third kappa shape index (κ3) is 2.55. The Labute approximate surface area is 119 Å². The van der Waals surface area contributed by atoms with Gasteiger partial charge in [-0.05, 0) is 45.1 Å². The Hall–Kier alpha value is -1.10. The van der Waals surface area contributed by atoms with Gasteiger partial charge in [-0.25, -0.2) is 0 Å². The minimum atomic E-state index is -0.732. The lowest BCUT2D eigenvalue weighted by molar-refractivity contribution is -0.143. The lowest BCUT2D eigenvalue weighted by atomic mass is 9.89. The second kappa shape index (κ2) is 5.72. The van der Waals surface area contributed by atoms with Crippen molar-refractivity contribution in [3.63, 3.8) is 0 Å². The van der Waals surface area contributed by atoms with Crippen LogP contribution in [0.25, 0.3) is 0 Å². The maximum absolute atomic E-state index is 12.4. The van der Waals surface area contributed by atoms with Gasteiger partial charge in [-0.1, -0.05) is 6.42 Å². The fourth-order valence-corrected chi connectivity index (χ4v) is 4.24. The van der Waals surface area contributed by atoms with E-state index in [0.29, 0.717) is 18.9 Å². The molecule has 5 nitrogen and oxygen atoms in total. The largest absolute Gasteiger partial charge is 0.481 e. The number of carboxylic acids is 1. The maximum atomic E-state index is 12.4. The highest BCUT2D eigenvalue weighted by atomic mass is 16.4. The molecular formula is C15H24N2O3. The van der Waals surface area contributed by atoms with Crippen molar-refractivity contribution in [1.29, 1.82) is 0 Å². The first kappa shape index (κ1) is 13.9. The molecule has 0 saturated carbocycles. The molecule has 20 heavy (non-hydrogen) atoms. The molecule has 4 atom stereocenters. The summed E-state index contributed by atoms with van der Waals surface area (Å²) < 4.78 is 0. The van der Waals surface area contributed by atoms with E-state index in [9.17, 15) is 14.7 Å². The van der Waals surface area contributed by atoms with Gasteiger partial charge in [0.05, 0.1) is 5.92 Å². The van der Waals surface area contributed by atoms with Gasteiger partial charge in [-0.2, -0.15) is 0 Å². The summed E-state index contributed by atoms with van der Waals surface area (Å²) in [7, 11) is 0. The first-order valence-electron chi connectivity index (χ1n) is 7.94. The van der Waals surface area contributed by atoms with Crippen LogP contribution >= 0.6 is 0 Å². The van der Waals surface area contributed by atoms with Crippen LogP contribution in [-0.4, -0.2) is 46.6 Å². The smallest absolute Gasteiger partial charge is 0.308 e. The molecule has 3 aliphatic heterocycles. The van der Waals surface area contributed by atoms with Crippen molar-refractivity contribution in [2.45, 2.75) is 69.5 Å². The van der Waals surface area contributed by atoms with Gasteiger partial charge in [0, 0.05) is 24.5 Å². The molecule has 3 fully saturated rings. The second-order valence-corrected chi connectivity index (χ2v) is 6.47. The van der Waals surface area contributed by atoms with Crippen molar-refractivity contribution in [3.05, 3.63) is 0 Å². The Morgan fingerprint density at radius 1 is 1.20 bits per heavy atom. The van der Waals surface area contributed by atoms with Crippen LogP contribution in [-0.2, 0) is 9.59 Å². The van der Waals surface area contributed by atoms with Crippen LogP contribution in [0.3, 0.4) is 0 Å². The highest BCUT2D eigenvalue weighted by Gasteiger charge is 2.50. The third-order valence-electron chi connectivity index (χ3n) is 5.26. The summed E-state index contributed by atoms with van der Waals surface area (Å²) in [6.07, 6.45) is 7.63. The van der Waals surface area contributed by atoms with Crippen LogP contribution in [0.5, 0.6) is 0 Å². The number of rotatable bonds is 4. The van der Waals surface area contributed by atoms with Crippen molar-refractivity contribution in [2.75, 3.05) is 6.54 Å². The summed E-state index contributed by atoms with van der Waals surface area (Å²) in [4.78, 5) is 25.5. The van der Waals surface area contributed by atoms with E-state index in [2.05, 4.69) is 5.32 Å². The summed E-state index contributed by atoms with van der Waals surface area (Å²) in [5.41, 5.74) is 0. The van der Waals surface area contributed by atoms with Crippen molar-refractivity contribution >= 4 is 11.9 Å². The van der Waals surface area contributed by atoms with Crippen LogP contribution in [0.2, 0.25) is 0 Å². The molecule has 3 saturated heterocycles. The molecular weight excluding hydrogens is 256 g/mol. The molecule has 0 aromatic rings. The topological polar surface area (TPSA) is 69.6 Å². The zero-order valence-corrected chi connectivity index (χ0v) is 11.9. The molecule has 112 valence electrons. The van der Waals surface area contributed by atoms with Crippen LogP contribution in [0.15, 0.2) is 0 Å². The molecule has 2 bridgehead atoms. The lowest BCUT2D eigenvalue weighted by Crippen LogP contribution is -2.39. The number of aliphatic carboxylic acids is 1. The molecule has 1 amide bonds.